The first-order valence-electron chi connectivity index (χ1n) is 13.6. The van der Waals surface area contributed by atoms with Gasteiger partial charge in [0.15, 0.2) is 5.82 Å². The quantitative estimate of drug-likeness (QED) is 0.228. The summed E-state index contributed by atoms with van der Waals surface area (Å²) in [5, 5.41) is 10.8. The molecule has 1 fully saturated rings. The van der Waals surface area contributed by atoms with Crippen LogP contribution in [0.25, 0.3) is 17.2 Å². The molecule has 1 amide bonds. The number of carbonyl (C=O) groups is 1. The van der Waals surface area contributed by atoms with Crippen molar-refractivity contribution in [3.8, 4) is 17.2 Å². The Hall–Kier alpha value is -4.75. The third-order valence-corrected chi connectivity index (χ3v) is 7.66. The molecule has 1 aliphatic carbocycles. The zero-order chi connectivity index (χ0) is 30.7. The number of benzene rings is 2. The summed E-state index contributed by atoms with van der Waals surface area (Å²) in [4.78, 5) is 21.9. The van der Waals surface area contributed by atoms with E-state index in [-0.39, 0.29) is 16.5 Å². The molecule has 0 unspecified atom stereocenters. The van der Waals surface area contributed by atoms with Crippen molar-refractivity contribution in [1.29, 1.82) is 0 Å². The molecule has 2 N–H and O–H groups in total. The minimum atomic E-state index is -4.00. The third kappa shape index (κ3) is 7.01. The number of aryl methyl sites for hydroxylation is 1. The van der Waals surface area contributed by atoms with E-state index in [1.807, 2.05) is 36.1 Å². The summed E-state index contributed by atoms with van der Waals surface area (Å²) >= 11 is 0. The molecule has 0 spiro atoms. The first kappa shape index (κ1) is 29.7. The van der Waals surface area contributed by atoms with Crippen molar-refractivity contribution in [2.45, 2.75) is 50.5 Å². The normalized spacial score (nSPS) is 13.0. The molecule has 0 bridgehead atoms. The zero-order valence-corrected chi connectivity index (χ0v) is 24.5. The first-order valence-corrected chi connectivity index (χ1v) is 15.0. The predicted octanol–water partition coefficient (Wildman–Crippen LogP) is 5.62. The number of carbonyl (C=O) groups excluding carboxylic acids is 1. The molecule has 0 atom stereocenters. The number of halogens is 1. The second-order valence-corrected chi connectivity index (χ2v) is 11.8. The van der Waals surface area contributed by atoms with Crippen molar-refractivity contribution < 1.29 is 22.2 Å². The number of hydrogen-bond donors (Lipinski definition) is 2. The fourth-order valence-corrected chi connectivity index (χ4v) is 4.88. The highest BCUT2D eigenvalue weighted by atomic mass is 32.2. The van der Waals surface area contributed by atoms with Crippen molar-refractivity contribution in [2.24, 2.45) is 0 Å². The second kappa shape index (κ2) is 12.2. The molecule has 11 nitrogen and oxygen atoms in total. The summed E-state index contributed by atoms with van der Waals surface area (Å²) in [6.07, 6.45) is 7.60. The molecule has 0 radical (unpaired) electrons. The monoisotopic (exact) mass is 603 g/mol. The van der Waals surface area contributed by atoms with Gasteiger partial charge in [-0.15, -0.1) is 10.2 Å². The number of amides is 1. The minimum absolute atomic E-state index is 0.0603. The van der Waals surface area contributed by atoms with Gasteiger partial charge in [-0.3, -0.25) is 9.35 Å². The molecular weight excluding hydrogens is 573 g/mol. The van der Waals surface area contributed by atoms with Crippen molar-refractivity contribution in [3.63, 3.8) is 0 Å². The first-order chi connectivity index (χ1) is 20.5. The van der Waals surface area contributed by atoms with Gasteiger partial charge in [0.25, 0.3) is 16.0 Å². The van der Waals surface area contributed by atoms with Crippen LogP contribution >= 0.6 is 0 Å². The number of imidazole rings is 1. The van der Waals surface area contributed by atoms with Crippen LogP contribution in [0.2, 0.25) is 0 Å². The number of nitrogens with one attached hydrogen (secondary N) is 1. The van der Waals surface area contributed by atoms with Crippen LogP contribution in [0.1, 0.15) is 60.3 Å². The molecule has 3 heterocycles. The van der Waals surface area contributed by atoms with E-state index in [1.165, 1.54) is 18.2 Å². The maximum Gasteiger partial charge on any atom is 0.294 e. The molecule has 43 heavy (non-hydrogen) atoms. The van der Waals surface area contributed by atoms with Crippen LogP contribution in [0, 0.1) is 12.7 Å². The Kier molecular flexibility index (Phi) is 8.46. The van der Waals surface area contributed by atoms with Crippen LogP contribution in [-0.4, -0.2) is 48.2 Å². The highest BCUT2D eigenvalue weighted by Gasteiger charge is 2.26. The molecule has 5 aromatic rings. The van der Waals surface area contributed by atoms with Gasteiger partial charge in [-0.1, -0.05) is 24.3 Å². The van der Waals surface area contributed by atoms with Crippen LogP contribution in [0.3, 0.4) is 0 Å². The molecule has 6 rings (SSSR count). The number of anilines is 1. The summed E-state index contributed by atoms with van der Waals surface area (Å²) in [7, 11) is -4.00. The van der Waals surface area contributed by atoms with E-state index < -0.39 is 21.8 Å². The molecule has 2 aromatic carbocycles. The topological polar surface area (TPSA) is 145 Å². The predicted molar refractivity (Wildman–Crippen MR) is 158 cm³/mol. The average molecular weight is 604 g/mol. The molecule has 1 saturated carbocycles. The van der Waals surface area contributed by atoms with Crippen LogP contribution < -0.4 is 5.32 Å². The molecule has 0 saturated heterocycles. The van der Waals surface area contributed by atoms with Crippen molar-refractivity contribution >= 4 is 21.8 Å². The molecule has 0 aliphatic heterocycles. The van der Waals surface area contributed by atoms with Crippen LogP contribution in [0.5, 0.6) is 0 Å². The van der Waals surface area contributed by atoms with Gasteiger partial charge in [0, 0.05) is 18.2 Å². The number of pyridine rings is 1. The lowest BCUT2D eigenvalue weighted by atomic mass is 10.1. The van der Waals surface area contributed by atoms with Crippen molar-refractivity contribution in [2.75, 3.05) is 5.32 Å². The van der Waals surface area contributed by atoms with Crippen molar-refractivity contribution in [3.05, 3.63) is 102 Å². The standard InChI is InChI=1S/C24H24FN7O.C6H6O3S/c1-14(2)32-13-27-30-23(32)19-5-4-6-22(28-19)29-24(33)17-10-21(15(3)9-18(17)25)31-11-20(26-12-31)16-7-8-16;7-10(8,9)6-4-2-1-3-5-6/h4-6,9-14,16H,7-8H2,1-3H3,(H,28,29,33);1-5H,(H,7,8,9). The highest BCUT2D eigenvalue weighted by molar-refractivity contribution is 7.85. The number of nitrogens with zero attached hydrogens (tertiary/aromatic N) is 6. The number of aromatic nitrogens is 6. The Morgan fingerprint density at radius 1 is 1.07 bits per heavy atom. The average Bonchev–Trinajstić information content (AvgIpc) is 3.48. The highest BCUT2D eigenvalue weighted by Crippen LogP contribution is 2.39. The Morgan fingerprint density at radius 3 is 2.47 bits per heavy atom. The van der Waals surface area contributed by atoms with Gasteiger partial charge in [-0.25, -0.2) is 14.4 Å². The van der Waals surface area contributed by atoms with Gasteiger partial charge in [0.1, 0.15) is 23.7 Å². The Labute approximate surface area is 248 Å². The fraction of sp³-hybridized carbons (Fsp3) is 0.233. The van der Waals surface area contributed by atoms with E-state index >= 15 is 0 Å². The van der Waals surface area contributed by atoms with Gasteiger partial charge in [-0.2, -0.15) is 8.42 Å². The minimum Gasteiger partial charge on any atom is -0.310 e. The maximum absolute atomic E-state index is 14.8. The summed E-state index contributed by atoms with van der Waals surface area (Å²) in [5.41, 5.74) is 2.97. The summed E-state index contributed by atoms with van der Waals surface area (Å²) in [6.45, 7) is 5.85. The number of rotatable bonds is 7. The van der Waals surface area contributed by atoms with Gasteiger partial charge < -0.3 is 14.5 Å². The van der Waals surface area contributed by atoms with E-state index in [1.54, 1.807) is 55.1 Å². The molecule has 222 valence electrons. The van der Waals surface area contributed by atoms with E-state index in [2.05, 4.69) is 25.5 Å². The Balaban J connectivity index is 0.000000314. The van der Waals surface area contributed by atoms with Gasteiger partial charge in [0.05, 0.1) is 28.2 Å². The fourth-order valence-electron chi connectivity index (χ4n) is 4.38. The Morgan fingerprint density at radius 2 is 1.81 bits per heavy atom. The van der Waals surface area contributed by atoms with E-state index in [9.17, 15) is 17.6 Å². The van der Waals surface area contributed by atoms with Crippen LogP contribution in [0.15, 0.2) is 84.4 Å². The smallest absolute Gasteiger partial charge is 0.294 e. The lowest BCUT2D eigenvalue weighted by Crippen LogP contribution is -2.16. The van der Waals surface area contributed by atoms with E-state index in [4.69, 9.17) is 4.55 Å². The van der Waals surface area contributed by atoms with Crippen LogP contribution in [-0.2, 0) is 10.1 Å². The lowest BCUT2D eigenvalue weighted by Gasteiger charge is -2.12. The lowest BCUT2D eigenvalue weighted by molar-refractivity contribution is 0.102. The molecule has 3 aromatic heterocycles. The summed E-state index contributed by atoms with van der Waals surface area (Å²) < 4.78 is 47.7. The Bertz CT molecular complexity index is 1870. The molecular formula is C30H30FN7O4S. The third-order valence-electron chi connectivity index (χ3n) is 6.80. The second-order valence-electron chi connectivity index (χ2n) is 10.4. The summed E-state index contributed by atoms with van der Waals surface area (Å²) in [6, 6.07) is 15.7. The largest absolute Gasteiger partial charge is 0.310 e. The summed E-state index contributed by atoms with van der Waals surface area (Å²) in [5.74, 6) is 0.236. The van der Waals surface area contributed by atoms with Gasteiger partial charge in [-0.05, 0) is 75.6 Å². The SMILES string of the molecule is Cc1cc(F)c(C(=O)Nc2cccc(-c3nncn3C(C)C)n2)cc1-n1cnc(C2CC2)c1.O=S(=O)(O)c1ccccc1. The van der Waals surface area contributed by atoms with E-state index in [0.29, 0.717) is 28.9 Å². The van der Waals surface area contributed by atoms with Gasteiger partial charge in [0.2, 0.25) is 0 Å². The zero-order valence-electron chi connectivity index (χ0n) is 23.7. The van der Waals surface area contributed by atoms with Crippen molar-refractivity contribution in [1.82, 2.24) is 29.3 Å². The van der Waals surface area contributed by atoms with Gasteiger partial charge >= 0.3 is 0 Å². The maximum atomic E-state index is 14.8. The number of hydrogen-bond acceptors (Lipinski definition) is 7. The molecule has 1 aliphatic rings. The van der Waals surface area contributed by atoms with E-state index in [0.717, 1.165) is 24.1 Å². The molecule has 13 heteroatoms. The van der Waals surface area contributed by atoms with Crippen LogP contribution in [0.4, 0.5) is 10.2 Å².